The van der Waals surface area contributed by atoms with Gasteiger partial charge in [0.1, 0.15) is 4.58 Å². The smallest absolute Gasteiger partial charge is 0.185 e. The molecule has 0 N–H and O–H groups in total. The number of ketones is 1. The molecule has 80 valence electrons. The van der Waals surface area contributed by atoms with Crippen molar-refractivity contribution in [2.45, 2.75) is 4.58 Å². The minimum atomic E-state index is 0.0728. The summed E-state index contributed by atoms with van der Waals surface area (Å²) in [5.74, 6) is 2.13. The second-order valence-electron chi connectivity index (χ2n) is 3.51. The van der Waals surface area contributed by atoms with Gasteiger partial charge < -0.3 is 0 Å². The number of nitrogens with zero attached hydrogens (tertiary/aromatic N) is 1. The minimum Gasteiger partial charge on any atom is -0.292 e. The van der Waals surface area contributed by atoms with Crippen molar-refractivity contribution in [2.75, 3.05) is 18.8 Å². The Morgan fingerprint density at radius 2 is 1.87 bits per heavy atom. The number of carbonyl (C=O) groups is 1. The van der Waals surface area contributed by atoms with Crippen LogP contribution in [0.15, 0.2) is 30.3 Å². The lowest BCUT2D eigenvalue weighted by atomic mass is 10.1. The number of carbonyl (C=O) groups excluding carboxylic acids is 1. The molecule has 1 heterocycles. The second-order valence-corrected chi connectivity index (χ2v) is 5.93. The van der Waals surface area contributed by atoms with E-state index in [1.54, 1.807) is 23.5 Å². The standard InChI is InChI=1S/C11H13NOS2/c1-12-7-14-11(15-8-12)10(13)9-5-3-2-4-6-9/h2-6,11H,7-8H2,1H3. The topological polar surface area (TPSA) is 20.3 Å². The summed E-state index contributed by atoms with van der Waals surface area (Å²) in [6.45, 7) is 0. The molecule has 0 saturated carbocycles. The van der Waals surface area contributed by atoms with Crippen LogP contribution in [0.4, 0.5) is 0 Å². The maximum absolute atomic E-state index is 12.0. The van der Waals surface area contributed by atoms with Crippen molar-refractivity contribution < 1.29 is 4.79 Å². The lowest BCUT2D eigenvalue weighted by Crippen LogP contribution is -2.28. The highest BCUT2D eigenvalue weighted by Crippen LogP contribution is 2.32. The fourth-order valence-electron chi connectivity index (χ4n) is 1.37. The van der Waals surface area contributed by atoms with E-state index in [1.807, 2.05) is 30.3 Å². The van der Waals surface area contributed by atoms with Gasteiger partial charge >= 0.3 is 0 Å². The number of hydrogen-bond donors (Lipinski definition) is 0. The van der Waals surface area contributed by atoms with Crippen LogP contribution in [0.1, 0.15) is 10.4 Å². The van der Waals surface area contributed by atoms with Gasteiger partial charge in [-0.1, -0.05) is 30.3 Å². The van der Waals surface area contributed by atoms with Gasteiger partial charge in [0, 0.05) is 17.3 Å². The molecule has 0 radical (unpaired) electrons. The third-order valence-corrected chi connectivity index (χ3v) is 5.19. The molecule has 15 heavy (non-hydrogen) atoms. The van der Waals surface area contributed by atoms with E-state index in [4.69, 9.17) is 0 Å². The van der Waals surface area contributed by atoms with E-state index in [1.165, 1.54) is 0 Å². The van der Waals surface area contributed by atoms with Gasteiger partial charge in [-0.05, 0) is 7.05 Å². The molecule has 2 nitrogen and oxygen atoms in total. The van der Waals surface area contributed by atoms with Crippen molar-refractivity contribution in [3.05, 3.63) is 35.9 Å². The molecule has 2 rings (SSSR count). The van der Waals surface area contributed by atoms with Gasteiger partial charge in [0.25, 0.3) is 0 Å². The van der Waals surface area contributed by atoms with Crippen LogP contribution in [0.5, 0.6) is 0 Å². The molecule has 4 heteroatoms. The highest BCUT2D eigenvalue weighted by Gasteiger charge is 2.25. The summed E-state index contributed by atoms with van der Waals surface area (Å²) in [6, 6.07) is 9.55. The van der Waals surface area contributed by atoms with Gasteiger partial charge in [-0.25, -0.2) is 0 Å². The number of benzene rings is 1. The summed E-state index contributed by atoms with van der Waals surface area (Å²) >= 11 is 3.43. The molecule has 0 aliphatic carbocycles. The van der Waals surface area contributed by atoms with Gasteiger partial charge in [-0.2, -0.15) is 0 Å². The van der Waals surface area contributed by atoms with Crippen LogP contribution >= 0.6 is 23.5 Å². The van der Waals surface area contributed by atoms with E-state index in [-0.39, 0.29) is 10.4 Å². The molecular formula is C11H13NOS2. The molecule has 0 amide bonds. The SMILES string of the molecule is CN1CSC(C(=O)c2ccccc2)SC1. The van der Waals surface area contributed by atoms with Crippen LogP contribution in [-0.2, 0) is 0 Å². The quantitative estimate of drug-likeness (QED) is 0.739. The predicted molar refractivity (Wildman–Crippen MR) is 67.2 cm³/mol. The van der Waals surface area contributed by atoms with E-state index in [9.17, 15) is 4.79 Å². The molecule has 1 aliphatic rings. The van der Waals surface area contributed by atoms with Crippen LogP contribution in [0.25, 0.3) is 0 Å². The summed E-state index contributed by atoms with van der Waals surface area (Å²) < 4.78 is 0.0728. The number of rotatable bonds is 2. The highest BCUT2D eigenvalue weighted by atomic mass is 32.2. The Hall–Kier alpha value is -0.450. The van der Waals surface area contributed by atoms with Gasteiger partial charge in [0.2, 0.25) is 0 Å². The Bertz CT molecular complexity index is 334. The van der Waals surface area contributed by atoms with Crippen molar-refractivity contribution in [1.29, 1.82) is 0 Å². The van der Waals surface area contributed by atoms with Crippen LogP contribution in [0.2, 0.25) is 0 Å². The van der Waals surface area contributed by atoms with Crippen LogP contribution < -0.4 is 0 Å². The first-order chi connectivity index (χ1) is 7.27. The fraction of sp³-hybridized carbons (Fsp3) is 0.364. The van der Waals surface area contributed by atoms with Gasteiger partial charge in [-0.3, -0.25) is 9.69 Å². The van der Waals surface area contributed by atoms with E-state index < -0.39 is 0 Å². The molecule has 0 atom stereocenters. The minimum absolute atomic E-state index is 0.0728. The maximum atomic E-state index is 12.0. The molecule has 1 aliphatic heterocycles. The largest absolute Gasteiger partial charge is 0.292 e. The lowest BCUT2D eigenvalue weighted by Gasteiger charge is -2.26. The number of Topliss-reactive ketones (excluding diaryl/α,β-unsaturated/α-hetero) is 1. The zero-order valence-corrected chi connectivity index (χ0v) is 10.2. The first kappa shape index (κ1) is 11.0. The molecule has 0 unspecified atom stereocenters. The fourth-order valence-corrected chi connectivity index (χ4v) is 3.77. The lowest BCUT2D eigenvalue weighted by molar-refractivity contribution is 0.101. The molecule has 1 fully saturated rings. The summed E-state index contributed by atoms with van der Waals surface area (Å²) in [6.07, 6.45) is 0. The monoisotopic (exact) mass is 239 g/mol. The first-order valence-corrected chi connectivity index (χ1v) is 6.88. The summed E-state index contributed by atoms with van der Waals surface area (Å²) in [7, 11) is 2.07. The van der Waals surface area contributed by atoms with Gasteiger partial charge in [0.15, 0.2) is 5.78 Å². The third kappa shape index (κ3) is 2.77. The Balaban J connectivity index is 2.03. The van der Waals surface area contributed by atoms with Gasteiger partial charge in [-0.15, -0.1) is 23.5 Å². The molecule has 1 aromatic carbocycles. The summed E-state index contributed by atoms with van der Waals surface area (Å²) in [5, 5.41) is 0. The average molecular weight is 239 g/mol. The normalized spacial score (nSPS) is 19.0. The number of hydrogen-bond acceptors (Lipinski definition) is 4. The average Bonchev–Trinajstić information content (AvgIpc) is 2.30. The first-order valence-electron chi connectivity index (χ1n) is 4.78. The highest BCUT2D eigenvalue weighted by molar-refractivity contribution is 8.18. The third-order valence-electron chi connectivity index (χ3n) is 2.16. The predicted octanol–water partition coefficient (Wildman–Crippen LogP) is 2.52. The molecule has 1 saturated heterocycles. The van der Waals surface area contributed by atoms with Crippen LogP contribution in [0.3, 0.4) is 0 Å². The zero-order valence-electron chi connectivity index (χ0n) is 8.55. The van der Waals surface area contributed by atoms with Crippen LogP contribution in [-0.4, -0.2) is 34.1 Å². The van der Waals surface area contributed by atoms with Crippen LogP contribution in [0, 0.1) is 0 Å². The van der Waals surface area contributed by atoms with E-state index in [0.717, 1.165) is 17.3 Å². The molecule has 0 bridgehead atoms. The Morgan fingerprint density at radius 3 is 2.47 bits per heavy atom. The van der Waals surface area contributed by atoms with Crippen molar-refractivity contribution in [3.8, 4) is 0 Å². The summed E-state index contributed by atoms with van der Waals surface area (Å²) in [4.78, 5) is 14.3. The maximum Gasteiger partial charge on any atom is 0.185 e. The molecule has 0 spiro atoms. The number of thioether (sulfide) groups is 2. The zero-order chi connectivity index (χ0) is 10.7. The van der Waals surface area contributed by atoms with Gasteiger partial charge in [0.05, 0.1) is 0 Å². The van der Waals surface area contributed by atoms with E-state index >= 15 is 0 Å². The molecular weight excluding hydrogens is 226 g/mol. The van der Waals surface area contributed by atoms with Crippen molar-refractivity contribution in [3.63, 3.8) is 0 Å². The van der Waals surface area contributed by atoms with Crippen molar-refractivity contribution in [1.82, 2.24) is 4.90 Å². The Morgan fingerprint density at radius 1 is 1.27 bits per heavy atom. The molecule has 1 aromatic rings. The Labute approximate surface area is 98.4 Å². The van der Waals surface area contributed by atoms with Crippen molar-refractivity contribution in [2.24, 2.45) is 0 Å². The molecule has 0 aromatic heterocycles. The van der Waals surface area contributed by atoms with E-state index in [0.29, 0.717) is 0 Å². The summed E-state index contributed by atoms with van der Waals surface area (Å²) in [5.41, 5.74) is 0.826. The second kappa shape index (κ2) is 5.05. The Kier molecular flexibility index (Phi) is 3.72. The van der Waals surface area contributed by atoms with Crippen molar-refractivity contribution >= 4 is 29.3 Å². The van der Waals surface area contributed by atoms with E-state index in [2.05, 4.69) is 11.9 Å².